The summed E-state index contributed by atoms with van der Waals surface area (Å²) in [5, 5.41) is 6.36. The third-order valence-electron chi connectivity index (χ3n) is 6.86. The fourth-order valence-corrected chi connectivity index (χ4v) is 5.78. The summed E-state index contributed by atoms with van der Waals surface area (Å²) in [5.74, 6) is 0. The van der Waals surface area contributed by atoms with Gasteiger partial charge in [0.05, 0.1) is 5.41 Å². The number of rotatable bonds is 0. The molecule has 30 heavy (non-hydrogen) atoms. The van der Waals surface area contributed by atoms with Gasteiger partial charge in [0.15, 0.2) is 0 Å². The summed E-state index contributed by atoms with van der Waals surface area (Å²) in [5.41, 5.74) is 10.0. The first-order valence-electron chi connectivity index (χ1n) is 10.5. The molecule has 0 saturated heterocycles. The van der Waals surface area contributed by atoms with Crippen molar-refractivity contribution in [3.8, 4) is 11.1 Å². The summed E-state index contributed by atoms with van der Waals surface area (Å²) in [6.45, 7) is 0. The number of nitrogens with one attached hydrogen (secondary N) is 1. The van der Waals surface area contributed by atoms with Crippen LogP contribution in [0.25, 0.3) is 21.9 Å². The maximum absolute atomic E-state index is 3.70. The predicted octanol–water partition coefficient (Wildman–Crippen LogP) is 7.26. The Morgan fingerprint density at radius 3 is 1.70 bits per heavy atom. The summed E-state index contributed by atoms with van der Waals surface area (Å²) in [7, 11) is 0. The Kier molecular flexibility index (Phi) is 2.99. The molecule has 5 aromatic carbocycles. The van der Waals surface area contributed by atoms with E-state index in [2.05, 4.69) is 115 Å². The van der Waals surface area contributed by atoms with Crippen molar-refractivity contribution in [2.45, 2.75) is 5.41 Å². The third-order valence-corrected chi connectivity index (χ3v) is 6.86. The lowest BCUT2D eigenvalue weighted by molar-refractivity contribution is 0.745. The van der Waals surface area contributed by atoms with Crippen LogP contribution >= 0.6 is 0 Å². The maximum atomic E-state index is 3.70. The van der Waals surface area contributed by atoms with Crippen molar-refractivity contribution in [3.63, 3.8) is 0 Å². The average molecular weight is 381 g/mol. The van der Waals surface area contributed by atoms with E-state index in [0.29, 0.717) is 0 Å². The van der Waals surface area contributed by atoms with Gasteiger partial charge in [-0.3, -0.25) is 0 Å². The van der Waals surface area contributed by atoms with Crippen LogP contribution in [0.3, 0.4) is 0 Å². The Bertz CT molecular complexity index is 1430. The van der Waals surface area contributed by atoms with Crippen molar-refractivity contribution in [2.24, 2.45) is 0 Å². The van der Waals surface area contributed by atoms with E-state index in [-0.39, 0.29) is 5.41 Å². The normalized spacial score (nSPS) is 14.5. The van der Waals surface area contributed by atoms with E-state index in [1.54, 1.807) is 0 Å². The van der Waals surface area contributed by atoms with Crippen LogP contribution in [-0.2, 0) is 5.41 Å². The fraction of sp³-hybridized carbons (Fsp3) is 0.0345. The lowest BCUT2D eigenvalue weighted by Gasteiger charge is -2.46. The van der Waals surface area contributed by atoms with E-state index in [0.717, 1.165) is 0 Å². The highest BCUT2D eigenvalue weighted by molar-refractivity contribution is 6.06. The van der Waals surface area contributed by atoms with Gasteiger partial charge in [-0.05, 0) is 56.3 Å². The van der Waals surface area contributed by atoms with E-state index in [1.165, 1.54) is 55.5 Å². The first kappa shape index (κ1) is 16.0. The van der Waals surface area contributed by atoms with Crippen molar-refractivity contribution in [1.82, 2.24) is 0 Å². The summed E-state index contributed by atoms with van der Waals surface area (Å²) >= 11 is 0. The molecule has 140 valence electrons. The second kappa shape index (κ2) is 5.61. The van der Waals surface area contributed by atoms with Crippen LogP contribution in [0.15, 0.2) is 109 Å². The quantitative estimate of drug-likeness (QED) is 0.291. The zero-order chi connectivity index (χ0) is 19.7. The summed E-state index contributed by atoms with van der Waals surface area (Å²) in [4.78, 5) is 0. The minimum atomic E-state index is -0.344. The lowest BCUT2D eigenvalue weighted by atomic mass is 9.58. The molecule has 0 bridgehead atoms. The second-order valence-electron chi connectivity index (χ2n) is 8.22. The maximum Gasteiger partial charge on any atom is 0.0754 e. The molecule has 7 rings (SSSR count). The predicted molar refractivity (Wildman–Crippen MR) is 125 cm³/mol. The second-order valence-corrected chi connectivity index (χ2v) is 8.22. The molecular formula is C29H19N. The molecule has 5 aromatic rings. The standard InChI is InChI=1S/C29H19N/c1-2-13-22-20(11-1)21-12-7-9-19-10-8-16-25(28(19)21)29(22)23-14-3-5-17-26(23)30-27-18-6-4-15-24(27)29/h1-18,30H. The van der Waals surface area contributed by atoms with Gasteiger partial charge in [-0.15, -0.1) is 0 Å². The summed E-state index contributed by atoms with van der Waals surface area (Å²) < 4.78 is 0. The van der Waals surface area contributed by atoms with E-state index >= 15 is 0 Å². The molecule has 1 spiro atoms. The molecule has 0 fully saturated rings. The Hall–Kier alpha value is -3.84. The van der Waals surface area contributed by atoms with Crippen LogP contribution in [0.4, 0.5) is 11.4 Å². The lowest BCUT2D eigenvalue weighted by Crippen LogP contribution is -2.37. The van der Waals surface area contributed by atoms with Gasteiger partial charge < -0.3 is 5.32 Å². The Labute approximate surface area is 175 Å². The highest BCUT2D eigenvalue weighted by Crippen LogP contribution is 2.59. The molecule has 1 heteroatoms. The van der Waals surface area contributed by atoms with Crippen LogP contribution in [0.1, 0.15) is 22.3 Å². The molecule has 1 nitrogen and oxygen atoms in total. The van der Waals surface area contributed by atoms with Crippen molar-refractivity contribution in [3.05, 3.63) is 131 Å². The van der Waals surface area contributed by atoms with Crippen LogP contribution in [0.2, 0.25) is 0 Å². The molecule has 1 N–H and O–H groups in total. The molecule has 0 saturated carbocycles. The molecule has 1 aliphatic heterocycles. The SMILES string of the molecule is c1ccc2c(c1)Nc1ccccc1C21c2ccccc2-c2cccc3cccc1c23. The highest BCUT2D eigenvalue weighted by Gasteiger charge is 2.48. The van der Waals surface area contributed by atoms with Gasteiger partial charge >= 0.3 is 0 Å². The summed E-state index contributed by atoms with van der Waals surface area (Å²) in [6.07, 6.45) is 0. The van der Waals surface area contributed by atoms with Gasteiger partial charge in [0.25, 0.3) is 0 Å². The van der Waals surface area contributed by atoms with Gasteiger partial charge in [-0.1, -0.05) is 97.1 Å². The minimum absolute atomic E-state index is 0.344. The zero-order valence-corrected chi connectivity index (χ0v) is 16.4. The monoisotopic (exact) mass is 381 g/mol. The molecule has 0 amide bonds. The van der Waals surface area contributed by atoms with Crippen LogP contribution in [0.5, 0.6) is 0 Å². The number of fused-ring (bicyclic) bond motifs is 8. The Morgan fingerprint density at radius 2 is 0.967 bits per heavy atom. The number of hydrogen-bond donors (Lipinski definition) is 1. The third kappa shape index (κ3) is 1.79. The molecule has 0 aromatic heterocycles. The average Bonchev–Trinajstić information content (AvgIpc) is 2.82. The molecule has 0 atom stereocenters. The van der Waals surface area contributed by atoms with Crippen LogP contribution in [0, 0.1) is 0 Å². The Balaban J connectivity index is 1.79. The van der Waals surface area contributed by atoms with E-state index in [9.17, 15) is 0 Å². The highest BCUT2D eigenvalue weighted by atomic mass is 14.9. The Morgan fingerprint density at radius 1 is 0.433 bits per heavy atom. The number of para-hydroxylation sites is 2. The molecule has 2 aliphatic rings. The molecule has 0 radical (unpaired) electrons. The van der Waals surface area contributed by atoms with Gasteiger partial charge in [-0.2, -0.15) is 0 Å². The smallest absolute Gasteiger partial charge is 0.0754 e. The topological polar surface area (TPSA) is 12.0 Å². The zero-order valence-electron chi connectivity index (χ0n) is 16.4. The van der Waals surface area contributed by atoms with Gasteiger partial charge in [0, 0.05) is 11.4 Å². The van der Waals surface area contributed by atoms with Crippen molar-refractivity contribution in [2.75, 3.05) is 5.32 Å². The first-order chi connectivity index (χ1) is 14.9. The van der Waals surface area contributed by atoms with E-state index < -0.39 is 0 Å². The first-order valence-corrected chi connectivity index (χ1v) is 10.5. The molecule has 1 heterocycles. The minimum Gasteiger partial charge on any atom is -0.355 e. The van der Waals surface area contributed by atoms with E-state index in [1.807, 2.05) is 0 Å². The largest absolute Gasteiger partial charge is 0.355 e. The van der Waals surface area contributed by atoms with Crippen molar-refractivity contribution in [1.29, 1.82) is 0 Å². The van der Waals surface area contributed by atoms with Crippen LogP contribution in [-0.4, -0.2) is 0 Å². The van der Waals surface area contributed by atoms with Gasteiger partial charge in [-0.25, -0.2) is 0 Å². The number of benzene rings is 5. The summed E-state index contributed by atoms with van der Waals surface area (Å²) in [6, 6.07) is 40.0. The molecule has 0 unspecified atom stereocenters. The molecular weight excluding hydrogens is 362 g/mol. The van der Waals surface area contributed by atoms with Crippen molar-refractivity contribution < 1.29 is 0 Å². The van der Waals surface area contributed by atoms with Gasteiger partial charge in [0.1, 0.15) is 0 Å². The fourth-order valence-electron chi connectivity index (χ4n) is 5.78. The van der Waals surface area contributed by atoms with Crippen molar-refractivity contribution >= 4 is 22.1 Å². The van der Waals surface area contributed by atoms with Gasteiger partial charge in [0.2, 0.25) is 0 Å². The van der Waals surface area contributed by atoms with E-state index in [4.69, 9.17) is 0 Å². The number of anilines is 2. The van der Waals surface area contributed by atoms with Crippen LogP contribution < -0.4 is 5.32 Å². The molecule has 1 aliphatic carbocycles. The number of hydrogen-bond acceptors (Lipinski definition) is 1.